The van der Waals surface area contributed by atoms with E-state index in [9.17, 15) is 4.79 Å². The molecule has 1 aliphatic rings. The van der Waals surface area contributed by atoms with Crippen LogP contribution in [-0.4, -0.2) is 40.9 Å². The smallest absolute Gasteiger partial charge is 0.277 e. The first-order chi connectivity index (χ1) is 12.7. The SMILES string of the molecule is COc1cccc(CN(C)C(=O)CSc2nnc(C3CCCCC3)o2)c1. The molecule has 1 amide bonds. The second-order valence-corrected chi connectivity index (χ2v) is 7.56. The zero-order chi connectivity index (χ0) is 18.4. The molecule has 3 rings (SSSR count). The Morgan fingerprint density at radius 1 is 1.31 bits per heavy atom. The van der Waals surface area contributed by atoms with Crippen molar-refractivity contribution in [2.24, 2.45) is 0 Å². The number of carbonyl (C=O) groups is 1. The highest BCUT2D eigenvalue weighted by atomic mass is 32.2. The lowest BCUT2D eigenvalue weighted by atomic mass is 9.89. The third-order valence-corrected chi connectivity index (χ3v) is 5.48. The lowest BCUT2D eigenvalue weighted by Gasteiger charge is -2.17. The van der Waals surface area contributed by atoms with Crippen LogP contribution < -0.4 is 4.74 Å². The van der Waals surface area contributed by atoms with Crippen LogP contribution in [-0.2, 0) is 11.3 Å². The van der Waals surface area contributed by atoms with E-state index in [2.05, 4.69) is 10.2 Å². The normalized spacial score (nSPS) is 15.0. The van der Waals surface area contributed by atoms with Crippen molar-refractivity contribution in [1.82, 2.24) is 15.1 Å². The molecular weight excluding hydrogens is 350 g/mol. The standard InChI is InChI=1S/C19H25N3O3S/c1-22(12-14-7-6-10-16(11-14)24-2)17(23)13-26-19-21-20-18(25-19)15-8-4-3-5-9-15/h6-7,10-11,15H,3-5,8-9,12-13H2,1-2H3. The first kappa shape index (κ1) is 18.8. The molecule has 1 aromatic heterocycles. The number of ether oxygens (including phenoxy) is 1. The summed E-state index contributed by atoms with van der Waals surface area (Å²) in [7, 11) is 3.43. The number of thioether (sulfide) groups is 1. The summed E-state index contributed by atoms with van der Waals surface area (Å²) < 4.78 is 11.0. The molecule has 1 aliphatic carbocycles. The Balaban J connectivity index is 1.49. The number of amides is 1. The summed E-state index contributed by atoms with van der Waals surface area (Å²) in [5.41, 5.74) is 1.03. The van der Waals surface area contributed by atoms with Crippen molar-refractivity contribution in [1.29, 1.82) is 0 Å². The fraction of sp³-hybridized carbons (Fsp3) is 0.526. The number of methoxy groups -OCH3 is 1. The molecule has 0 atom stereocenters. The number of benzene rings is 1. The maximum absolute atomic E-state index is 12.4. The minimum absolute atomic E-state index is 0.0234. The fourth-order valence-electron chi connectivity index (χ4n) is 3.16. The number of nitrogens with zero attached hydrogens (tertiary/aromatic N) is 3. The highest BCUT2D eigenvalue weighted by Gasteiger charge is 2.22. The van der Waals surface area contributed by atoms with Gasteiger partial charge in [-0.05, 0) is 30.5 Å². The largest absolute Gasteiger partial charge is 0.497 e. The Kier molecular flexibility index (Phi) is 6.55. The average Bonchev–Trinajstić information content (AvgIpc) is 3.16. The van der Waals surface area contributed by atoms with Crippen LogP contribution in [0.2, 0.25) is 0 Å². The number of hydrogen-bond donors (Lipinski definition) is 0. The topological polar surface area (TPSA) is 68.5 Å². The van der Waals surface area contributed by atoms with E-state index in [1.165, 1.54) is 31.0 Å². The Morgan fingerprint density at radius 3 is 2.88 bits per heavy atom. The molecule has 26 heavy (non-hydrogen) atoms. The molecule has 0 bridgehead atoms. The zero-order valence-electron chi connectivity index (χ0n) is 15.3. The van der Waals surface area contributed by atoms with Crippen molar-refractivity contribution < 1.29 is 13.9 Å². The predicted molar refractivity (Wildman–Crippen MR) is 100 cm³/mol. The lowest BCUT2D eigenvalue weighted by Crippen LogP contribution is -2.27. The molecule has 0 spiro atoms. The van der Waals surface area contributed by atoms with E-state index in [1.54, 1.807) is 19.1 Å². The fourth-order valence-corrected chi connectivity index (χ4v) is 3.87. The zero-order valence-corrected chi connectivity index (χ0v) is 16.1. The molecule has 1 fully saturated rings. The van der Waals surface area contributed by atoms with Crippen LogP contribution in [0.15, 0.2) is 33.9 Å². The van der Waals surface area contributed by atoms with E-state index in [1.807, 2.05) is 24.3 Å². The van der Waals surface area contributed by atoms with E-state index in [0.29, 0.717) is 17.7 Å². The maximum atomic E-state index is 12.4. The highest BCUT2D eigenvalue weighted by molar-refractivity contribution is 7.99. The Morgan fingerprint density at radius 2 is 2.12 bits per heavy atom. The van der Waals surface area contributed by atoms with Gasteiger partial charge < -0.3 is 14.1 Å². The molecular formula is C19H25N3O3S. The van der Waals surface area contributed by atoms with Crippen LogP contribution in [0.25, 0.3) is 0 Å². The molecule has 0 unspecified atom stereocenters. The van der Waals surface area contributed by atoms with Crippen LogP contribution in [0.3, 0.4) is 0 Å². The summed E-state index contributed by atoms with van der Waals surface area (Å²) >= 11 is 1.30. The molecule has 7 heteroatoms. The molecule has 6 nitrogen and oxygen atoms in total. The average molecular weight is 375 g/mol. The summed E-state index contributed by atoms with van der Waals surface area (Å²) in [6, 6.07) is 7.73. The van der Waals surface area contributed by atoms with Gasteiger partial charge in [-0.3, -0.25) is 4.79 Å². The number of rotatable bonds is 7. The maximum Gasteiger partial charge on any atom is 0.277 e. The monoisotopic (exact) mass is 375 g/mol. The van der Waals surface area contributed by atoms with Gasteiger partial charge in [-0.2, -0.15) is 0 Å². The third-order valence-electron chi connectivity index (χ3n) is 4.68. The predicted octanol–water partition coefficient (Wildman–Crippen LogP) is 3.88. The van der Waals surface area contributed by atoms with Crippen molar-refractivity contribution in [3.05, 3.63) is 35.7 Å². The molecule has 1 heterocycles. The van der Waals surface area contributed by atoms with Crippen LogP contribution in [0.1, 0.15) is 49.5 Å². The van der Waals surface area contributed by atoms with Crippen LogP contribution in [0.5, 0.6) is 5.75 Å². The minimum Gasteiger partial charge on any atom is -0.497 e. The van der Waals surface area contributed by atoms with Gasteiger partial charge in [-0.25, -0.2) is 0 Å². The second kappa shape index (κ2) is 9.07. The summed E-state index contributed by atoms with van der Waals surface area (Å²) in [5.74, 6) is 2.21. The molecule has 0 aliphatic heterocycles. The van der Waals surface area contributed by atoms with Crippen molar-refractivity contribution in [2.75, 3.05) is 19.9 Å². The van der Waals surface area contributed by atoms with Gasteiger partial charge in [0.15, 0.2) is 0 Å². The molecule has 0 N–H and O–H groups in total. The van der Waals surface area contributed by atoms with E-state index >= 15 is 0 Å². The molecule has 0 radical (unpaired) electrons. The Hall–Kier alpha value is -2.02. The number of carbonyl (C=O) groups excluding carboxylic acids is 1. The van der Waals surface area contributed by atoms with Gasteiger partial charge in [0.1, 0.15) is 5.75 Å². The second-order valence-electron chi connectivity index (χ2n) is 6.63. The summed E-state index contributed by atoms with van der Waals surface area (Å²) in [5, 5.41) is 8.74. The van der Waals surface area contributed by atoms with E-state index in [-0.39, 0.29) is 11.7 Å². The first-order valence-corrected chi connectivity index (χ1v) is 9.97. The summed E-state index contributed by atoms with van der Waals surface area (Å²) in [4.78, 5) is 14.1. The first-order valence-electron chi connectivity index (χ1n) is 8.99. The van der Waals surface area contributed by atoms with Crippen molar-refractivity contribution in [3.63, 3.8) is 0 Å². The molecule has 2 aromatic rings. The van der Waals surface area contributed by atoms with E-state index in [0.717, 1.165) is 30.0 Å². The van der Waals surface area contributed by atoms with Crippen molar-refractivity contribution >= 4 is 17.7 Å². The lowest BCUT2D eigenvalue weighted by molar-refractivity contribution is -0.127. The van der Waals surface area contributed by atoms with Crippen molar-refractivity contribution in [2.45, 2.75) is 49.8 Å². The summed E-state index contributed by atoms with van der Waals surface area (Å²) in [6.45, 7) is 0.535. The van der Waals surface area contributed by atoms with Gasteiger partial charge in [0.05, 0.1) is 12.9 Å². The Bertz CT molecular complexity index is 728. The minimum atomic E-state index is 0.0234. The molecule has 1 aromatic carbocycles. The third kappa shape index (κ3) is 5.00. The van der Waals surface area contributed by atoms with Crippen LogP contribution >= 0.6 is 11.8 Å². The Labute approximate surface area is 158 Å². The molecule has 0 saturated heterocycles. The molecule has 140 valence electrons. The van der Waals surface area contributed by atoms with Gasteiger partial charge in [-0.15, -0.1) is 10.2 Å². The van der Waals surface area contributed by atoms with Gasteiger partial charge in [0.2, 0.25) is 11.8 Å². The van der Waals surface area contributed by atoms with Gasteiger partial charge in [0, 0.05) is 19.5 Å². The van der Waals surface area contributed by atoms with E-state index < -0.39 is 0 Å². The molecule has 1 saturated carbocycles. The van der Waals surface area contributed by atoms with Crippen LogP contribution in [0.4, 0.5) is 0 Å². The number of aromatic nitrogens is 2. The quantitative estimate of drug-likeness (QED) is 0.684. The van der Waals surface area contributed by atoms with Gasteiger partial charge in [-0.1, -0.05) is 43.2 Å². The van der Waals surface area contributed by atoms with Crippen LogP contribution in [0, 0.1) is 0 Å². The number of hydrogen-bond acceptors (Lipinski definition) is 6. The van der Waals surface area contributed by atoms with E-state index in [4.69, 9.17) is 9.15 Å². The summed E-state index contributed by atoms with van der Waals surface area (Å²) in [6.07, 6.45) is 5.98. The van der Waals surface area contributed by atoms with Gasteiger partial charge >= 0.3 is 0 Å². The highest BCUT2D eigenvalue weighted by Crippen LogP contribution is 2.32. The van der Waals surface area contributed by atoms with Crippen molar-refractivity contribution in [3.8, 4) is 5.75 Å². The van der Waals surface area contributed by atoms with Gasteiger partial charge in [0.25, 0.3) is 5.22 Å².